The summed E-state index contributed by atoms with van der Waals surface area (Å²) in [5.41, 5.74) is 15.8. The highest BCUT2D eigenvalue weighted by molar-refractivity contribution is 5.71. The Bertz CT molecular complexity index is 639. The van der Waals surface area contributed by atoms with Crippen LogP contribution < -0.4 is 11.5 Å². The van der Waals surface area contributed by atoms with Gasteiger partial charge in [0.2, 0.25) is 0 Å². The minimum Gasteiger partial charge on any atom is -0.399 e. The molecule has 0 aliphatic carbocycles. The molecule has 5 nitrogen and oxygen atoms in total. The topological polar surface area (TPSA) is 79.7 Å². The second-order valence-electron chi connectivity index (χ2n) is 5.28. The van der Waals surface area contributed by atoms with Crippen LogP contribution in [-0.4, -0.2) is 19.8 Å². The number of nitrogen functional groups attached to an aromatic ring is 2. The van der Waals surface area contributed by atoms with Crippen molar-refractivity contribution in [1.29, 1.82) is 0 Å². The van der Waals surface area contributed by atoms with Gasteiger partial charge in [-0.1, -0.05) is 18.2 Å². The summed E-state index contributed by atoms with van der Waals surface area (Å²) in [6.07, 6.45) is 0. The molecule has 0 amide bonds. The lowest BCUT2D eigenvalue weighted by atomic mass is 9.97. The molecule has 0 aliphatic rings. The van der Waals surface area contributed by atoms with E-state index in [0.29, 0.717) is 31.2 Å². The molecule has 0 aromatic heterocycles. The van der Waals surface area contributed by atoms with E-state index in [0.717, 1.165) is 16.7 Å². The molecule has 0 saturated carbocycles. The zero-order valence-corrected chi connectivity index (χ0v) is 14.5. The number of nitrogens with two attached hydrogens (primary N) is 2. The van der Waals surface area contributed by atoms with Crippen LogP contribution in [-0.2, 0) is 20.2 Å². The summed E-state index contributed by atoms with van der Waals surface area (Å²) in [5.74, 6) is -1.29. The Labute approximate surface area is 143 Å². The van der Waals surface area contributed by atoms with Crippen LogP contribution in [0.3, 0.4) is 0 Å². The highest BCUT2D eigenvalue weighted by atomic mass is 16.9. The van der Waals surface area contributed by atoms with E-state index in [-0.39, 0.29) is 0 Å². The van der Waals surface area contributed by atoms with Crippen molar-refractivity contribution in [2.24, 2.45) is 0 Å². The molecule has 0 atom stereocenters. The molecular weight excluding hydrogens is 304 g/mol. The Balaban J connectivity index is 2.64. The maximum Gasteiger partial charge on any atom is 0.312 e. The summed E-state index contributed by atoms with van der Waals surface area (Å²) < 4.78 is 17.7. The first kappa shape index (κ1) is 18.3. The SMILES string of the molecule is CCOC(OCC)(OCC)c1cc(N)ccc1-c1ccc(N)cc1. The van der Waals surface area contributed by atoms with Crippen LogP contribution in [0.4, 0.5) is 11.4 Å². The predicted octanol–water partition coefficient (Wildman–Crippen LogP) is 3.74. The second-order valence-corrected chi connectivity index (χ2v) is 5.28. The van der Waals surface area contributed by atoms with Gasteiger partial charge in [-0.05, 0) is 56.2 Å². The predicted molar refractivity (Wildman–Crippen MR) is 97.3 cm³/mol. The van der Waals surface area contributed by atoms with Gasteiger partial charge < -0.3 is 25.7 Å². The first-order valence-corrected chi connectivity index (χ1v) is 8.24. The molecule has 24 heavy (non-hydrogen) atoms. The van der Waals surface area contributed by atoms with Crippen LogP contribution in [0, 0.1) is 0 Å². The van der Waals surface area contributed by atoms with Crippen LogP contribution in [0.25, 0.3) is 11.1 Å². The highest BCUT2D eigenvalue weighted by Gasteiger charge is 2.37. The van der Waals surface area contributed by atoms with Crippen LogP contribution in [0.1, 0.15) is 26.3 Å². The number of hydrogen-bond acceptors (Lipinski definition) is 5. The highest BCUT2D eigenvalue weighted by Crippen LogP contribution is 2.38. The number of rotatable bonds is 8. The molecule has 130 valence electrons. The van der Waals surface area contributed by atoms with Crippen molar-refractivity contribution in [1.82, 2.24) is 0 Å². The lowest BCUT2D eigenvalue weighted by Crippen LogP contribution is -2.37. The fourth-order valence-electron chi connectivity index (χ4n) is 2.66. The fraction of sp³-hybridized carbons (Fsp3) is 0.368. The van der Waals surface area contributed by atoms with Gasteiger partial charge in [0.15, 0.2) is 0 Å². The Morgan fingerprint density at radius 1 is 0.750 bits per heavy atom. The van der Waals surface area contributed by atoms with Gasteiger partial charge in [0.25, 0.3) is 0 Å². The molecule has 4 N–H and O–H groups in total. The molecule has 0 aliphatic heterocycles. The minimum atomic E-state index is -1.29. The average molecular weight is 330 g/mol. The molecule has 0 radical (unpaired) electrons. The van der Waals surface area contributed by atoms with E-state index in [1.807, 2.05) is 63.2 Å². The van der Waals surface area contributed by atoms with Crippen molar-refractivity contribution < 1.29 is 14.2 Å². The van der Waals surface area contributed by atoms with Gasteiger partial charge in [-0.2, -0.15) is 0 Å². The van der Waals surface area contributed by atoms with Gasteiger partial charge in [-0.25, -0.2) is 0 Å². The Hall–Kier alpha value is -2.08. The van der Waals surface area contributed by atoms with Crippen molar-refractivity contribution in [3.63, 3.8) is 0 Å². The normalized spacial score (nSPS) is 11.6. The molecular formula is C19H26N2O3. The second kappa shape index (κ2) is 8.15. The molecule has 0 spiro atoms. The molecule has 0 bridgehead atoms. The molecule has 0 fully saturated rings. The van der Waals surface area contributed by atoms with Crippen LogP contribution in [0.15, 0.2) is 42.5 Å². The van der Waals surface area contributed by atoms with Gasteiger partial charge >= 0.3 is 5.97 Å². The monoisotopic (exact) mass is 330 g/mol. The molecule has 2 aromatic rings. The van der Waals surface area contributed by atoms with Gasteiger partial charge in [0.1, 0.15) is 0 Å². The van der Waals surface area contributed by atoms with Crippen molar-refractivity contribution in [2.75, 3.05) is 31.3 Å². The largest absolute Gasteiger partial charge is 0.399 e. The van der Waals surface area contributed by atoms with Gasteiger partial charge in [0.05, 0.1) is 5.56 Å². The van der Waals surface area contributed by atoms with E-state index in [9.17, 15) is 0 Å². The number of anilines is 2. The van der Waals surface area contributed by atoms with Gasteiger partial charge in [-0.3, -0.25) is 0 Å². The minimum absolute atomic E-state index is 0.440. The number of benzene rings is 2. The van der Waals surface area contributed by atoms with Gasteiger partial charge in [-0.15, -0.1) is 0 Å². The third-order valence-electron chi connectivity index (χ3n) is 3.60. The zero-order chi connectivity index (χ0) is 17.6. The first-order chi connectivity index (χ1) is 11.6. The quantitative estimate of drug-likeness (QED) is 0.569. The van der Waals surface area contributed by atoms with Crippen molar-refractivity contribution in [3.05, 3.63) is 48.0 Å². The molecule has 2 aromatic carbocycles. The summed E-state index contributed by atoms with van der Waals surface area (Å²) >= 11 is 0. The summed E-state index contributed by atoms with van der Waals surface area (Å²) in [4.78, 5) is 0. The summed E-state index contributed by atoms with van der Waals surface area (Å²) in [7, 11) is 0. The molecule has 0 heterocycles. The molecule has 5 heteroatoms. The van der Waals surface area contributed by atoms with E-state index in [1.54, 1.807) is 0 Å². The van der Waals surface area contributed by atoms with Crippen molar-refractivity contribution >= 4 is 11.4 Å². The average Bonchev–Trinajstić information content (AvgIpc) is 2.56. The van der Waals surface area contributed by atoms with E-state index in [2.05, 4.69) is 0 Å². The maximum absolute atomic E-state index is 6.03. The summed E-state index contributed by atoms with van der Waals surface area (Å²) in [5, 5.41) is 0. The Morgan fingerprint density at radius 2 is 1.25 bits per heavy atom. The van der Waals surface area contributed by atoms with Crippen molar-refractivity contribution in [2.45, 2.75) is 26.7 Å². The smallest absolute Gasteiger partial charge is 0.312 e. The molecule has 0 saturated heterocycles. The van der Waals surface area contributed by atoms with Gasteiger partial charge in [0, 0.05) is 31.2 Å². The lowest BCUT2D eigenvalue weighted by molar-refractivity contribution is -0.389. The van der Waals surface area contributed by atoms with E-state index in [4.69, 9.17) is 25.7 Å². The number of ether oxygens (including phenoxy) is 3. The number of hydrogen-bond donors (Lipinski definition) is 2. The Morgan fingerprint density at radius 3 is 1.75 bits per heavy atom. The van der Waals surface area contributed by atoms with E-state index >= 15 is 0 Å². The summed E-state index contributed by atoms with van der Waals surface area (Å²) in [6.45, 7) is 7.04. The van der Waals surface area contributed by atoms with E-state index < -0.39 is 5.97 Å². The first-order valence-electron chi connectivity index (χ1n) is 8.24. The third kappa shape index (κ3) is 3.87. The van der Waals surface area contributed by atoms with Crippen molar-refractivity contribution in [3.8, 4) is 11.1 Å². The van der Waals surface area contributed by atoms with E-state index in [1.165, 1.54) is 0 Å². The standard InChI is InChI=1S/C19H26N2O3/c1-4-22-19(23-5-2,24-6-3)18-13-16(21)11-12-17(18)14-7-9-15(20)10-8-14/h7-13H,4-6,20-21H2,1-3H3. The molecule has 0 unspecified atom stereocenters. The Kier molecular flexibility index (Phi) is 6.20. The van der Waals surface area contributed by atoms with Crippen LogP contribution in [0.2, 0.25) is 0 Å². The lowest BCUT2D eigenvalue weighted by Gasteiger charge is -2.34. The maximum atomic E-state index is 6.03. The fourth-order valence-corrected chi connectivity index (χ4v) is 2.66. The van der Waals surface area contributed by atoms with Crippen LogP contribution in [0.5, 0.6) is 0 Å². The van der Waals surface area contributed by atoms with Crippen LogP contribution >= 0.6 is 0 Å². The third-order valence-corrected chi connectivity index (χ3v) is 3.60. The molecule has 2 rings (SSSR count). The summed E-state index contributed by atoms with van der Waals surface area (Å²) in [6, 6.07) is 13.3. The zero-order valence-electron chi connectivity index (χ0n) is 14.5.